The molecule has 0 N–H and O–H groups in total. The molecule has 1 unspecified atom stereocenters. The van der Waals surface area contributed by atoms with Crippen molar-refractivity contribution in [3.63, 3.8) is 0 Å². The molecule has 2 fully saturated rings. The van der Waals surface area contributed by atoms with Gasteiger partial charge in [-0.1, -0.05) is 13.3 Å². The normalized spacial score (nSPS) is 22.3. The van der Waals surface area contributed by atoms with E-state index in [0.29, 0.717) is 31.2 Å². The third-order valence-electron chi connectivity index (χ3n) is 6.27. The van der Waals surface area contributed by atoms with Crippen LogP contribution in [0.1, 0.15) is 38.9 Å². The van der Waals surface area contributed by atoms with Crippen molar-refractivity contribution < 1.29 is 13.2 Å². The largest absolute Gasteiger partial charge is 0.379 e. The van der Waals surface area contributed by atoms with Crippen molar-refractivity contribution in [1.29, 1.82) is 0 Å². The van der Waals surface area contributed by atoms with E-state index in [2.05, 4.69) is 23.3 Å². The molecule has 2 aliphatic heterocycles. The zero-order valence-corrected chi connectivity index (χ0v) is 18.3. The highest BCUT2D eigenvalue weighted by Crippen LogP contribution is 2.26. The van der Waals surface area contributed by atoms with Gasteiger partial charge in [0, 0.05) is 26.2 Å². The second-order valence-electron chi connectivity index (χ2n) is 8.09. The molecule has 2 saturated heterocycles. The van der Waals surface area contributed by atoms with Crippen LogP contribution in [-0.4, -0.2) is 66.6 Å². The van der Waals surface area contributed by atoms with Gasteiger partial charge in [0.1, 0.15) is 5.82 Å². The van der Waals surface area contributed by atoms with Crippen LogP contribution in [0.15, 0.2) is 23.1 Å². The lowest BCUT2D eigenvalue weighted by Gasteiger charge is -2.32. The summed E-state index contributed by atoms with van der Waals surface area (Å²) in [6, 6.07) is 5.37. The van der Waals surface area contributed by atoms with Crippen molar-refractivity contribution >= 4 is 21.1 Å². The van der Waals surface area contributed by atoms with Crippen LogP contribution in [0.2, 0.25) is 0 Å². The quantitative estimate of drug-likeness (QED) is 0.719. The molecule has 2 aromatic rings. The van der Waals surface area contributed by atoms with Gasteiger partial charge in [0.05, 0.1) is 35.7 Å². The zero-order valence-electron chi connectivity index (χ0n) is 17.5. The molecule has 2 aliphatic rings. The van der Waals surface area contributed by atoms with Crippen molar-refractivity contribution in [2.45, 2.75) is 51.1 Å². The molecule has 8 heteroatoms. The summed E-state index contributed by atoms with van der Waals surface area (Å²) in [5, 5.41) is 0. The van der Waals surface area contributed by atoms with Crippen LogP contribution in [0.25, 0.3) is 11.0 Å². The Hall–Kier alpha value is -1.48. The summed E-state index contributed by atoms with van der Waals surface area (Å²) in [6.45, 7) is 9.98. The summed E-state index contributed by atoms with van der Waals surface area (Å²) in [4.78, 5) is 7.68. The molecular formula is C21H32N4O3S. The maximum atomic E-state index is 13.0. The molecule has 0 saturated carbocycles. The summed E-state index contributed by atoms with van der Waals surface area (Å²) >= 11 is 0. The van der Waals surface area contributed by atoms with E-state index in [1.807, 2.05) is 6.07 Å². The fourth-order valence-corrected chi connectivity index (χ4v) is 5.99. The Bertz CT molecular complexity index is 950. The predicted octanol–water partition coefficient (Wildman–Crippen LogP) is 2.70. The lowest BCUT2D eigenvalue weighted by atomic mass is 9.96. The van der Waals surface area contributed by atoms with Crippen molar-refractivity contribution in [2.75, 3.05) is 39.4 Å². The average molecular weight is 421 g/mol. The number of imidazole rings is 1. The highest BCUT2D eigenvalue weighted by atomic mass is 32.2. The van der Waals surface area contributed by atoms with Gasteiger partial charge >= 0.3 is 0 Å². The minimum absolute atomic E-state index is 0.322. The van der Waals surface area contributed by atoms with E-state index in [9.17, 15) is 8.42 Å². The lowest BCUT2D eigenvalue weighted by Crippen LogP contribution is -2.40. The molecule has 3 heterocycles. The molecule has 1 aromatic carbocycles. The predicted molar refractivity (Wildman–Crippen MR) is 113 cm³/mol. The van der Waals surface area contributed by atoms with E-state index in [0.717, 1.165) is 49.0 Å². The Balaban J connectivity index is 1.62. The van der Waals surface area contributed by atoms with Crippen LogP contribution in [0.3, 0.4) is 0 Å². The highest BCUT2D eigenvalue weighted by Gasteiger charge is 2.27. The number of nitrogens with zero attached hydrogens (tertiary/aromatic N) is 4. The number of benzene rings is 1. The third-order valence-corrected chi connectivity index (χ3v) is 8.16. The molecule has 1 aromatic heterocycles. The molecule has 7 nitrogen and oxygen atoms in total. The molecule has 1 atom stereocenters. The summed E-state index contributed by atoms with van der Waals surface area (Å²) in [6.07, 6.45) is 3.79. The first-order valence-electron chi connectivity index (χ1n) is 10.8. The molecule has 29 heavy (non-hydrogen) atoms. The monoisotopic (exact) mass is 420 g/mol. The number of sulfonamides is 1. The molecule has 0 aliphatic carbocycles. The summed E-state index contributed by atoms with van der Waals surface area (Å²) in [5.74, 6) is 1.80. The van der Waals surface area contributed by atoms with E-state index in [1.165, 1.54) is 23.6 Å². The van der Waals surface area contributed by atoms with Gasteiger partial charge in [0.15, 0.2) is 0 Å². The lowest BCUT2D eigenvalue weighted by molar-refractivity contribution is 0.0730. The van der Waals surface area contributed by atoms with Crippen molar-refractivity contribution in [3.8, 4) is 0 Å². The number of aromatic nitrogens is 2. The highest BCUT2D eigenvalue weighted by molar-refractivity contribution is 7.89. The van der Waals surface area contributed by atoms with Crippen LogP contribution in [0.5, 0.6) is 0 Å². The van der Waals surface area contributed by atoms with Gasteiger partial charge in [-0.05, 0) is 50.4 Å². The standard InChI is InChI=1S/C21H32N4O3S/c1-3-17-6-5-9-23(15-17)16-21-22-19-14-18(7-8-20(19)25(21)4-2)29(26,27)24-10-12-28-13-11-24/h7-8,14,17H,3-6,9-13,15-16H2,1-2H3. The van der Waals surface area contributed by atoms with Crippen molar-refractivity contribution in [2.24, 2.45) is 5.92 Å². The van der Waals surface area contributed by atoms with Gasteiger partial charge in [-0.2, -0.15) is 4.31 Å². The maximum absolute atomic E-state index is 13.0. The number of ether oxygens (including phenoxy) is 1. The van der Waals surface area contributed by atoms with Crippen LogP contribution < -0.4 is 0 Å². The van der Waals surface area contributed by atoms with E-state index in [1.54, 1.807) is 12.1 Å². The number of hydrogen-bond donors (Lipinski definition) is 0. The Morgan fingerprint density at radius 1 is 1.17 bits per heavy atom. The van der Waals surface area contributed by atoms with Gasteiger partial charge < -0.3 is 9.30 Å². The number of morpholine rings is 1. The van der Waals surface area contributed by atoms with Gasteiger partial charge in [0.2, 0.25) is 10.0 Å². The summed E-state index contributed by atoms with van der Waals surface area (Å²) in [7, 11) is -3.51. The average Bonchev–Trinajstić information content (AvgIpc) is 3.10. The SMILES string of the molecule is CCC1CCCN(Cc2nc3cc(S(=O)(=O)N4CCOCC4)ccc3n2CC)C1. The fourth-order valence-electron chi connectivity index (χ4n) is 4.56. The van der Waals surface area contributed by atoms with Crippen LogP contribution in [-0.2, 0) is 27.8 Å². The first-order chi connectivity index (χ1) is 14.0. The van der Waals surface area contributed by atoms with Crippen LogP contribution in [0.4, 0.5) is 0 Å². The molecule has 0 radical (unpaired) electrons. The number of fused-ring (bicyclic) bond motifs is 1. The smallest absolute Gasteiger partial charge is 0.243 e. The van der Waals surface area contributed by atoms with E-state index < -0.39 is 10.0 Å². The van der Waals surface area contributed by atoms with E-state index in [4.69, 9.17) is 9.72 Å². The van der Waals surface area contributed by atoms with Gasteiger partial charge in [-0.15, -0.1) is 0 Å². The third kappa shape index (κ3) is 4.21. The molecule has 0 bridgehead atoms. The summed E-state index contributed by atoms with van der Waals surface area (Å²) < 4.78 is 35.0. The first kappa shape index (κ1) is 20.8. The second-order valence-corrected chi connectivity index (χ2v) is 10.0. The Morgan fingerprint density at radius 3 is 2.69 bits per heavy atom. The molecule has 4 rings (SSSR count). The zero-order chi connectivity index (χ0) is 20.4. The number of aryl methyl sites for hydroxylation is 1. The first-order valence-corrected chi connectivity index (χ1v) is 12.3. The fraction of sp³-hybridized carbons (Fsp3) is 0.667. The number of hydrogen-bond acceptors (Lipinski definition) is 5. The number of rotatable bonds is 6. The minimum Gasteiger partial charge on any atom is -0.379 e. The van der Waals surface area contributed by atoms with Gasteiger partial charge in [-0.25, -0.2) is 13.4 Å². The molecular weight excluding hydrogens is 388 g/mol. The van der Waals surface area contributed by atoms with Crippen LogP contribution >= 0.6 is 0 Å². The van der Waals surface area contributed by atoms with E-state index in [-0.39, 0.29) is 0 Å². The molecule has 0 amide bonds. The van der Waals surface area contributed by atoms with Crippen molar-refractivity contribution in [1.82, 2.24) is 18.8 Å². The van der Waals surface area contributed by atoms with Gasteiger partial charge in [0.25, 0.3) is 0 Å². The maximum Gasteiger partial charge on any atom is 0.243 e. The Labute approximate surface area is 173 Å². The topological polar surface area (TPSA) is 67.7 Å². The van der Waals surface area contributed by atoms with Gasteiger partial charge in [-0.3, -0.25) is 4.90 Å². The minimum atomic E-state index is -3.51. The number of piperidine rings is 1. The summed E-state index contributed by atoms with van der Waals surface area (Å²) in [5.41, 5.74) is 1.77. The molecule has 0 spiro atoms. The van der Waals surface area contributed by atoms with E-state index >= 15 is 0 Å². The van der Waals surface area contributed by atoms with Crippen LogP contribution in [0, 0.1) is 5.92 Å². The molecule has 160 valence electrons. The van der Waals surface area contributed by atoms with Crippen molar-refractivity contribution in [3.05, 3.63) is 24.0 Å². The Morgan fingerprint density at radius 2 is 1.97 bits per heavy atom. The Kier molecular flexibility index (Phi) is 6.24. The second kappa shape index (κ2) is 8.71. The number of likely N-dealkylation sites (tertiary alicyclic amines) is 1.